The number of furan rings is 1. The molecule has 96 valence electrons. The molecule has 1 aromatic heterocycles. The molecule has 1 aromatic rings. The average Bonchev–Trinajstić information content (AvgIpc) is 3.02. The summed E-state index contributed by atoms with van der Waals surface area (Å²) >= 11 is 0. The summed E-state index contributed by atoms with van der Waals surface area (Å²) in [5.41, 5.74) is 1.18. The molecule has 0 bridgehead atoms. The third-order valence-electron chi connectivity index (χ3n) is 3.06. The fourth-order valence-electron chi connectivity index (χ4n) is 1.68. The monoisotopic (exact) mass is 237 g/mol. The van der Waals surface area contributed by atoms with Gasteiger partial charge in [0.2, 0.25) is 0 Å². The zero-order valence-corrected chi connectivity index (χ0v) is 10.9. The van der Waals surface area contributed by atoms with Crippen LogP contribution in [0.2, 0.25) is 0 Å². The van der Waals surface area contributed by atoms with Crippen molar-refractivity contribution in [3.05, 3.63) is 23.7 Å². The molecule has 1 aliphatic rings. The topological polar surface area (TPSA) is 34.4 Å². The minimum absolute atomic E-state index is 0.672. The van der Waals surface area contributed by atoms with Crippen LogP contribution < -0.4 is 5.32 Å². The molecule has 1 aliphatic carbocycles. The molecule has 0 saturated heterocycles. The van der Waals surface area contributed by atoms with Gasteiger partial charge in [-0.15, -0.1) is 0 Å². The third-order valence-corrected chi connectivity index (χ3v) is 3.06. The normalized spacial score (nSPS) is 15.7. The molecule has 3 heteroatoms. The van der Waals surface area contributed by atoms with Gasteiger partial charge in [0.25, 0.3) is 0 Å². The highest BCUT2D eigenvalue weighted by atomic mass is 16.5. The van der Waals surface area contributed by atoms with Gasteiger partial charge in [-0.05, 0) is 31.2 Å². The lowest BCUT2D eigenvalue weighted by Crippen LogP contribution is -2.15. The van der Waals surface area contributed by atoms with Crippen LogP contribution >= 0.6 is 0 Å². The predicted molar refractivity (Wildman–Crippen MR) is 67.7 cm³/mol. The maximum absolute atomic E-state index is 5.66. The van der Waals surface area contributed by atoms with E-state index in [1.54, 1.807) is 6.26 Å². The minimum Gasteiger partial charge on any atom is -0.468 e. The van der Waals surface area contributed by atoms with Crippen LogP contribution in [0.15, 0.2) is 16.7 Å². The molecule has 17 heavy (non-hydrogen) atoms. The Morgan fingerprint density at radius 1 is 1.47 bits per heavy atom. The van der Waals surface area contributed by atoms with Crippen LogP contribution in [0.3, 0.4) is 0 Å². The molecule has 0 amide bonds. The van der Waals surface area contributed by atoms with Crippen molar-refractivity contribution in [3.63, 3.8) is 0 Å². The first-order valence-corrected chi connectivity index (χ1v) is 6.62. The summed E-state index contributed by atoms with van der Waals surface area (Å²) in [7, 11) is 0. The van der Waals surface area contributed by atoms with Gasteiger partial charge in [0.1, 0.15) is 5.76 Å². The van der Waals surface area contributed by atoms with E-state index in [2.05, 4.69) is 19.2 Å². The van der Waals surface area contributed by atoms with E-state index < -0.39 is 0 Å². The Bertz CT molecular complexity index is 329. The van der Waals surface area contributed by atoms with E-state index in [1.165, 1.54) is 18.4 Å². The number of hydrogen-bond donors (Lipinski definition) is 1. The average molecular weight is 237 g/mol. The Kier molecular flexibility index (Phi) is 4.63. The first-order chi connectivity index (χ1) is 8.25. The van der Waals surface area contributed by atoms with Crippen LogP contribution in [0, 0.1) is 5.92 Å². The zero-order chi connectivity index (χ0) is 12.1. The third kappa shape index (κ3) is 4.52. The standard InChI is InChI=1S/C14H23NO2/c1-11(2)5-7-16-10-12-6-8-17-14(12)9-15-13-3-4-13/h6,8,11,13,15H,3-5,7,9-10H2,1-2H3. The fraction of sp³-hybridized carbons (Fsp3) is 0.714. The molecule has 0 spiro atoms. The summed E-state index contributed by atoms with van der Waals surface area (Å²) in [5, 5.41) is 3.46. The molecular weight excluding hydrogens is 214 g/mol. The van der Waals surface area contributed by atoms with Gasteiger partial charge in [-0.25, -0.2) is 0 Å². The maximum atomic E-state index is 5.66. The molecule has 2 rings (SSSR count). The second-order valence-electron chi connectivity index (χ2n) is 5.26. The Morgan fingerprint density at radius 2 is 2.29 bits per heavy atom. The van der Waals surface area contributed by atoms with E-state index in [9.17, 15) is 0 Å². The minimum atomic E-state index is 0.672. The van der Waals surface area contributed by atoms with Gasteiger partial charge in [-0.1, -0.05) is 13.8 Å². The highest BCUT2D eigenvalue weighted by molar-refractivity contribution is 5.16. The van der Waals surface area contributed by atoms with Crippen molar-refractivity contribution >= 4 is 0 Å². The smallest absolute Gasteiger partial charge is 0.123 e. The van der Waals surface area contributed by atoms with E-state index in [-0.39, 0.29) is 0 Å². The van der Waals surface area contributed by atoms with Crippen LogP contribution in [0.5, 0.6) is 0 Å². The predicted octanol–water partition coefficient (Wildman–Crippen LogP) is 3.09. The molecule has 0 atom stereocenters. The molecule has 0 aromatic carbocycles. The highest BCUT2D eigenvalue weighted by Crippen LogP contribution is 2.20. The number of rotatable bonds is 8. The van der Waals surface area contributed by atoms with Crippen LogP contribution in [0.25, 0.3) is 0 Å². The van der Waals surface area contributed by atoms with Crippen molar-refractivity contribution in [2.75, 3.05) is 6.61 Å². The Labute approximate surface area is 104 Å². The summed E-state index contributed by atoms with van der Waals surface area (Å²) in [4.78, 5) is 0. The molecule has 0 aliphatic heterocycles. The van der Waals surface area contributed by atoms with Crippen LogP contribution in [0.1, 0.15) is 44.4 Å². The maximum Gasteiger partial charge on any atom is 0.123 e. The summed E-state index contributed by atoms with van der Waals surface area (Å²) in [5.74, 6) is 1.73. The number of nitrogens with one attached hydrogen (secondary N) is 1. The zero-order valence-electron chi connectivity index (χ0n) is 10.9. The number of hydrogen-bond acceptors (Lipinski definition) is 3. The lowest BCUT2D eigenvalue weighted by molar-refractivity contribution is 0.109. The van der Waals surface area contributed by atoms with Crippen LogP contribution in [-0.4, -0.2) is 12.6 Å². The molecule has 0 unspecified atom stereocenters. The molecule has 1 saturated carbocycles. The van der Waals surface area contributed by atoms with Gasteiger partial charge in [-0.3, -0.25) is 0 Å². The molecule has 1 heterocycles. The van der Waals surface area contributed by atoms with Gasteiger partial charge >= 0.3 is 0 Å². The summed E-state index contributed by atoms with van der Waals surface area (Å²) < 4.78 is 11.1. The van der Waals surface area contributed by atoms with Crippen molar-refractivity contribution in [1.82, 2.24) is 5.32 Å². The summed E-state index contributed by atoms with van der Waals surface area (Å²) in [6.07, 6.45) is 5.49. The first-order valence-electron chi connectivity index (χ1n) is 6.62. The second kappa shape index (κ2) is 6.22. The van der Waals surface area contributed by atoms with E-state index in [0.29, 0.717) is 12.5 Å². The molecule has 1 fully saturated rings. The fourth-order valence-corrected chi connectivity index (χ4v) is 1.68. The van der Waals surface area contributed by atoms with Crippen molar-refractivity contribution in [1.29, 1.82) is 0 Å². The largest absolute Gasteiger partial charge is 0.468 e. The van der Waals surface area contributed by atoms with Gasteiger partial charge in [0.15, 0.2) is 0 Å². The lowest BCUT2D eigenvalue weighted by atomic mass is 10.1. The highest BCUT2D eigenvalue weighted by Gasteiger charge is 2.21. The van der Waals surface area contributed by atoms with E-state index in [4.69, 9.17) is 9.15 Å². The van der Waals surface area contributed by atoms with E-state index in [0.717, 1.165) is 31.4 Å². The van der Waals surface area contributed by atoms with Crippen molar-refractivity contribution in [3.8, 4) is 0 Å². The SMILES string of the molecule is CC(C)CCOCc1ccoc1CNC1CC1. The van der Waals surface area contributed by atoms with Gasteiger partial charge in [0.05, 0.1) is 19.4 Å². The quantitative estimate of drug-likeness (QED) is 0.705. The van der Waals surface area contributed by atoms with Gasteiger partial charge in [-0.2, -0.15) is 0 Å². The summed E-state index contributed by atoms with van der Waals surface area (Å²) in [6.45, 7) is 6.77. The van der Waals surface area contributed by atoms with Crippen molar-refractivity contribution in [2.45, 2.75) is 52.3 Å². The van der Waals surface area contributed by atoms with E-state index >= 15 is 0 Å². The first kappa shape index (κ1) is 12.7. The van der Waals surface area contributed by atoms with Gasteiger partial charge in [0, 0.05) is 18.2 Å². The lowest BCUT2D eigenvalue weighted by Gasteiger charge is -2.07. The Morgan fingerprint density at radius 3 is 3.00 bits per heavy atom. The van der Waals surface area contributed by atoms with Crippen molar-refractivity contribution < 1.29 is 9.15 Å². The Hall–Kier alpha value is -0.800. The van der Waals surface area contributed by atoms with Crippen molar-refractivity contribution in [2.24, 2.45) is 5.92 Å². The molecule has 3 nitrogen and oxygen atoms in total. The second-order valence-corrected chi connectivity index (χ2v) is 5.26. The van der Waals surface area contributed by atoms with Crippen LogP contribution in [0.4, 0.5) is 0 Å². The number of ether oxygens (including phenoxy) is 1. The molecule has 0 radical (unpaired) electrons. The molecular formula is C14H23NO2. The van der Waals surface area contributed by atoms with Crippen LogP contribution in [-0.2, 0) is 17.9 Å². The summed E-state index contributed by atoms with van der Waals surface area (Å²) in [6, 6.07) is 2.73. The van der Waals surface area contributed by atoms with E-state index in [1.807, 2.05) is 6.07 Å². The van der Waals surface area contributed by atoms with Gasteiger partial charge < -0.3 is 14.5 Å². The molecule has 1 N–H and O–H groups in total. The Balaban J connectivity index is 1.69.